The fourth-order valence-corrected chi connectivity index (χ4v) is 2.50. The van der Waals surface area contributed by atoms with Gasteiger partial charge < -0.3 is 4.43 Å². The van der Waals surface area contributed by atoms with Gasteiger partial charge in [-0.2, -0.15) is 57.1 Å². The van der Waals surface area contributed by atoms with E-state index in [4.69, 9.17) is 0 Å². The molecule has 28 heavy (non-hydrogen) atoms. The van der Waals surface area contributed by atoms with Gasteiger partial charge in [0.2, 0.25) is 0 Å². The molecule has 0 radical (unpaired) electrons. The minimum atomic E-state index is -8.12. The van der Waals surface area contributed by atoms with Crippen molar-refractivity contribution in [3.8, 4) is 0 Å². The van der Waals surface area contributed by atoms with Crippen LogP contribution in [-0.4, -0.2) is 56.8 Å². The van der Waals surface area contributed by atoms with Gasteiger partial charge >= 0.3 is 35.8 Å². The first-order chi connectivity index (χ1) is 11.8. The second kappa shape index (κ2) is 6.83. The van der Waals surface area contributed by atoms with Crippen LogP contribution in [0.25, 0.3) is 0 Å². The Hall–Kier alpha value is -0.873. The van der Waals surface area contributed by atoms with E-state index >= 15 is 0 Å². The number of halogens is 15. The van der Waals surface area contributed by atoms with Gasteiger partial charge in [0, 0.05) is 7.11 Å². The highest BCUT2D eigenvalue weighted by Crippen LogP contribution is 2.61. The van der Waals surface area contributed by atoms with E-state index in [-0.39, 0.29) is 0 Å². The summed E-state index contributed by atoms with van der Waals surface area (Å²) >= 11 is 0. The largest absolute Gasteiger partial charge is 0.460 e. The van der Waals surface area contributed by atoms with Gasteiger partial charge in [0.25, 0.3) is 13.9 Å². The normalized spacial score (nSPS) is 16.5. The average molecular weight is 472 g/mol. The number of alkyl halides is 15. The fourth-order valence-electron chi connectivity index (χ4n) is 1.55. The molecule has 0 heterocycles. The highest BCUT2D eigenvalue weighted by molar-refractivity contribution is 6.73. The molecule has 0 amide bonds. The summed E-state index contributed by atoms with van der Waals surface area (Å²) in [7, 11) is -4.17. The van der Waals surface area contributed by atoms with Gasteiger partial charge in [-0.15, -0.1) is 0 Å². The van der Waals surface area contributed by atoms with Gasteiger partial charge in [-0.3, -0.25) is 0 Å². The molecular weight excluding hydrogens is 461 g/mol. The Labute approximate surface area is 147 Å². The van der Waals surface area contributed by atoms with Crippen molar-refractivity contribution in [3.63, 3.8) is 0 Å². The molecule has 0 rings (SSSR count). The molecule has 0 N–H and O–H groups in total. The number of hydrogen-bond donors (Lipinski definition) is 0. The highest BCUT2D eigenvalue weighted by Gasteiger charge is 2.91. The highest BCUT2D eigenvalue weighted by atomic mass is 28.4. The van der Waals surface area contributed by atoms with Crippen LogP contribution in [0.5, 0.6) is 0 Å². The Kier molecular flexibility index (Phi) is 6.62. The standard InChI is InChI=1S/C11H11F15OSi/c1-27-28(2,3)6(14,15)4-5(12,13)7(16,17)8(18,19)9(20,21)10(22,23)11(24,25)26/h4H2,1-3H3. The van der Waals surface area contributed by atoms with Gasteiger partial charge in [-0.05, 0) is 13.1 Å². The summed E-state index contributed by atoms with van der Waals surface area (Å²) < 4.78 is 199. The Morgan fingerprint density at radius 3 is 1.18 bits per heavy atom. The van der Waals surface area contributed by atoms with E-state index in [0.29, 0.717) is 20.2 Å². The van der Waals surface area contributed by atoms with Crippen LogP contribution in [-0.2, 0) is 4.43 Å². The predicted octanol–water partition coefficient (Wildman–Crippen LogP) is 6.14. The van der Waals surface area contributed by atoms with Gasteiger partial charge in [-0.1, -0.05) is 0 Å². The third-order valence-electron chi connectivity index (χ3n) is 3.83. The minimum Gasteiger partial charge on any atom is -0.414 e. The van der Waals surface area contributed by atoms with E-state index in [9.17, 15) is 65.9 Å². The zero-order valence-corrected chi connectivity index (χ0v) is 14.8. The van der Waals surface area contributed by atoms with Gasteiger partial charge in [0.1, 0.15) is 0 Å². The summed E-state index contributed by atoms with van der Waals surface area (Å²) in [5.74, 6) is -38.7. The topological polar surface area (TPSA) is 9.23 Å². The van der Waals surface area contributed by atoms with E-state index in [1.54, 1.807) is 0 Å². The Morgan fingerprint density at radius 2 is 0.893 bits per heavy atom. The van der Waals surface area contributed by atoms with Crippen LogP contribution in [0.2, 0.25) is 13.1 Å². The van der Waals surface area contributed by atoms with Crippen LogP contribution in [0, 0.1) is 0 Å². The lowest BCUT2D eigenvalue weighted by Crippen LogP contribution is -2.71. The molecule has 0 aliphatic carbocycles. The summed E-state index contributed by atoms with van der Waals surface area (Å²) in [6.07, 6.45) is -11.1. The maximum Gasteiger partial charge on any atom is 0.460 e. The zero-order valence-electron chi connectivity index (χ0n) is 13.8. The lowest BCUT2D eigenvalue weighted by molar-refractivity contribution is -0.441. The van der Waals surface area contributed by atoms with Crippen molar-refractivity contribution >= 4 is 8.32 Å². The zero-order chi connectivity index (χ0) is 23.4. The lowest BCUT2D eigenvalue weighted by Gasteiger charge is -2.41. The van der Waals surface area contributed by atoms with Crippen LogP contribution in [0.1, 0.15) is 6.42 Å². The fraction of sp³-hybridized carbons (Fsp3) is 1.00. The van der Waals surface area contributed by atoms with Crippen LogP contribution in [0.15, 0.2) is 0 Å². The third kappa shape index (κ3) is 3.79. The molecule has 0 aromatic heterocycles. The maximum atomic E-state index is 13.7. The minimum absolute atomic E-state index is 0.436. The van der Waals surface area contributed by atoms with E-state index in [2.05, 4.69) is 4.43 Å². The summed E-state index contributed by atoms with van der Waals surface area (Å²) in [5.41, 5.74) is -5.01. The lowest BCUT2D eigenvalue weighted by atomic mass is 9.92. The second-order valence-corrected chi connectivity index (χ2v) is 10.3. The van der Waals surface area contributed by atoms with Crippen molar-refractivity contribution in [2.45, 2.75) is 60.8 Å². The average Bonchev–Trinajstić information content (AvgIpc) is 2.43. The van der Waals surface area contributed by atoms with Crippen LogP contribution in [0.3, 0.4) is 0 Å². The summed E-state index contributed by atoms with van der Waals surface area (Å²) in [6.45, 7) is 0.873. The molecule has 0 spiro atoms. The number of rotatable bonds is 8. The van der Waals surface area contributed by atoms with Gasteiger partial charge in [0.05, 0.1) is 6.42 Å². The molecule has 0 aromatic rings. The van der Waals surface area contributed by atoms with E-state index < -0.39 is 56.1 Å². The Morgan fingerprint density at radius 1 is 0.571 bits per heavy atom. The quantitative estimate of drug-likeness (QED) is 0.305. The van der Waals surface area contributed by atoms with Crippen LogP contribution in [0.4, 0.5) is 65.9 Å². The van der Waals surface area contributed by atoms with Crippen molar-refractivity contribution in [2.75, 3.05) is 7.11 Å². The van der Waals surface area contributed by atoms with Crippen molar-refractivity contribution < 1.29 is 70.3 Å². The molecule has 1 nitrogen and oxygen atoms in total. The molecule has 17 heteroatoms. The van der Waals surface area contributed by atoms with Crippen LogP contribution < -0.4 is 0 Å². The first-order valence-corrected chi connectivity index (χ1v) is 9.56. The molecule has 0 bridgehead atoms. The summed E-state index contributed by atoms with van der Waals surface area (Å²) in [4.78, 5) is 0. The van der Waals surface area contributed by atoms with E-state index in [1.165, 1.54) is 0 Å². The SMILES string of the molecule is CO[Si](C)(C)C(F)(F)CC(F)(F)C(F)(F)C(F)(F)C(F)(F)C(F)(F)C(F)(F)F. The van der Waals surface area contributed by atoms with Crippen LogP contribution >= 0.6 is 0 Å². The molecule has 0 fully saturated rings. The molecule has 0 aliphatic heterocycles. The molecule has 0 saturated heterocycles. The smallest absolute Gasteiger partial charge is 0.414 e. The molecule has 0 atom stereocenters. The van der Waals surface area contributed by atoms with Gasteiger partial charge in [0.15, 0.2) is 0 Å². The van der Waals surface area contributed by atoms with E-state index in [0.717, 1.165) is 0 Å². The molecule has 0 unspecified atom stereocenters. The van der Waals surface area contributed by atoms with E-state index in [1.807, 2.05) is 0 Å². The maximum absolute atomic E-state index is 13.7. The van der Waals surface area contributed by atoms with Crippen molar-refractivity contribution in [1.82, 2.24) is 0 Å². The monoisotopic (exact) mass is 472 g/mol. The van der Waals surface area contributed by atoms with Crippen molar-refractivity contribution in [1.29, 1.82) is 0 Å². The number of hydrogen-bond acceptors (Lipinski definition) is 1. The van der Waals surface area contributed by atoms with Gasteiger partial charge in [-0.25, -0.2) is 8.78 Å². The Bertz CT molecular complexity index is 565. The second-order valence-electron chi connectivity index (χ2n) is 6.10. The first kappa shape index (κ1) is 27.1. The molecule has 170 valence electrons. The molecule has 0 saturated carbocycles. The summed E-state index contributed by atoms with van der Waals surface area (Å²) in [6, 6.07) is 0. The first-order valence-electron chi connectivity index (χ1n) is 6.65. The third-order valence-corrected chi connectivity index (χ3v) is 6.79. The molecule has 0 aliphatic rings. The Balaban J connectivity index is 6.34. The predicted molar refractivity (Wildman–Crippen MR) is 64.8 cm³/mol. The van der Waals surface area contributed by atoms with Crippen molar-refractivity contribution in [3.05, 3.63) is 0 Å². The molecule has 0 aromatic carbocycles. The molecular formula is C11H11F15OSi. The summed E-state index contributed by atoms with van der Waals surface area (Å²) in [5, 5.41) is 0. The van der Waals surface area contributed by atoms with Crippen molar-refractivity contribution in [2.24, 2.45) is 0 Å².